The zero-order valence-corrected chi connectivity index (χ0v) is 7.54. The quantitative estimate of drug-likeness (QED) is 0.399. The summed E-state index contributed by atoms with van der Waals surface area (Å²) in [4.78, 5) is -0.508. The van der Waals surface area contributed by atoms with Crippen molar-refractivity contribution >= 4 is 14.2 Å². The molecule has 0 radical (unpaired) electrons. The molecule has 62 valence electrons. The van der Waals surface area contributed by atoms with E-state index in [1.807, 2.05) is 0 Å². The van der Waals surface area contributed by atoms with E-state index in [9.17, 15) is 3.83 Å². The molecule has 0 bridgehead atoms. The van der Waals surface area contributed by atoms with E-state index in [2.05, 4.69) is 0 Å². The Balaban J connectivity index is 3.21. The van der Waals surface area contributed by atoms with E-state index >= 15 is 0 Å². The molecule has 0 rings (SSSR count). The summed E-state index contributed by atoms with van der Waals surface area (Å²) >= 11 is -2.70. The van der Waals surface area contributed by atoms with E-state index in [0.717, 1.165) is 12.8 Å². The molecule has 0 aliphatic heterocycles. The van der Waals surface area contributed by atoms with Gasteiger partial charge in [-0.25, -0.2) is 0 Å². The van der Waals surface area contributed by atoms with E-state index in [0.29, 0.717) is 13.0 Å². The summed E-state index contributed by atoms with van der Waals surface area (Å²) in [5, 5.41) is 0. The van der Waals surface area contributed by atoms with E-state index < -0.39 is 19.1 Å². The van der Waals surface area contributed by atoms with Gasteiger partial charge in [-0.3, -0.25) is 0 Å². The summed E-state index contributed by atoms with van der Waals surface area (Å²) in [6, 6.07) is 0. The maximum atomic E-state index is 10.3. The average Bonchev–Trinajstić information content (AvgIpc) is 1.88. The van der Waals surface area contributed by atoms with Gasteiger partial charge >= 0.3 is 64.4 Å². The standard InChI is InChI=1S/C5H14N2O2Se/c6-4-2-1-3-5(7)10(8)9/h5H,1-4,6-7H2,(H,8,9). The van der Waals surface area contributed by atoms with Gasteiger partial charge in [0.15, 0.2) is 0 Å². The third-order valence-electron chi connectivity index (χ3n) is 1.20. The van der Waals surface area contributed by atoms with Crippen molar-refractivity contribution in [1.29, 1.82) is 0 Å². The second-order valence-electron chi connectivity index (χ2n) is 2.10. The van der Waals surface area contributed by atoms with Gasteiger partial charge in [0.25, 0.3) is 0 Å². The Morgan fingerprint density at radius 3 is 2.50 bits per heavy atom. The normalized spacial score (nSPS) is 16.7. The molecule has 2 unspecified atom stereocenters. The van der Waals surface area contributed by atoms with Crippen molar-refractivity contribution in [1.82, 2.24) is 0 Å². The molecule has 0 spiro atoms. The first-order valence-electron chi connectivity index (χ1n) is 3.23. The van der Waals surface area contributed by atoms with Crippen LogP contribution in [0.3, 0.4) is 0 Å². The van der Waals surface area contributed by atoms with E-state index in [1.165, 1.54) is 0 Å². The summed E-state index contributed by atoms with van der Waals surface area (Å²) in [5.74, 6) is 0. The molecule has 2 atom stereocenters. The van der Waals surface area contributed by atoms with Crippen LogP contribution < -0.4 is 11.5 Å². The predicted molar refractivity (Wildman–Crippen MR) is 39.5 cm³/mol. The molecular weight excluding hydrogens is 199 g/mol. The van der Waals surface area contributed by atoms with Crippen LogP contribution in [0.5, 0.6) is 0 Å². The Morgan fingerprint density at radius 2 is 2.10 bits per heavy atom. The van der Waals surface area contributed by atoms with Gasteiger partial charge in [-0.1, -0.05) is 0 Å². The van der Waals surface area contributed by atoms with Gasteiger partial charge in [-0.2, -0.15) is 0 Å². The van der Waals surface area contributed by atoms with Crippen molar-refractivity contribution in [2.45, 2.75) is 24.2 Å². The Kier molecular flexibility index (Phi) is 6.06. The molecule has 0 heterocycles. The van der Waals surface area contributed by atoms with Crippen molar-refractivity contribution in [2.24, 2.45) is 11.5 Å². The molecule has 0 saturated carbocycles. The second kappa shape index (κ2) is 5.95. The van der Waals surface area contributed by atoms with E-state index in [-0.39, 0.29) is 0 Å². The van der Waals surface area contributed by atoms with Crippen LogP contribution in [-0.4, -0.2) is 29.8 Å². The Bertz CT molecular complexity index is 110. The number of unbranched alkanes of at least 4 members (excludes halogenated alkanes) is 1. The molecule has 0 amide bonds. The van der Waals surface area contributed by atoms with Crippen LogP contribution in [0.15, 0.2) is 0 Å². The Labute approximate surface area is 65.0 Å². The van der Waals surface area contributed by atoms with Gasteiger partial charge < -0.3 is 0 Å². The van der Waals surface area contributed by atoms with E-state index in [4.69, 9.17) is 15.7 Å². The SMILES string of the molecule is NCCCCC(N)[Se](=O)O. The molecule has 0 fully saturated rings. The Hall–Kier alpha value is 0.199. The third-order valence-corrected chi connectivity index (χ3v) is 2.78. The van der Waals surface area contributed by atoms with Crippen molar-refractivity contribution in [3.8, 4) is 0 Å². The van der Waals surface area contributed by atoms with Crippen molar-refractivity contribution in [3.05, 3.63) is 0 Å². The molecule has 0 saturated heterocycles. The predicted octanol–water partition coefficient (Wildman–Crippen LogP) is -1.11. The summed E-state index contributed by atoms with van der Waals surface area (Å²) in [5.41, 5.74) is 10.5. The number of nitrogens with two attached hydrogens (primary N) is 2. The van der Waals surface area contributed by atoms with Gasteiger partial charge in [0, 0.05) is 0 Å². The molecule has 0 aromatic heterocycles. The minimum atomic E-state index is -2.70. The number of hydrogen-bond donors (Lipinski definition) is 3. The monoisotopic (exact) mass is 214 g/mol. The summed E-state index contributed by atoms with van der Waals surface area (Å²) < 4.78 is 18.9. The van der Waals surface area contributed by atoms with Crippen LogP contribution in [0.2, 0.25) is 0 Å². The van der Waals surface area contributed by atoms with Crippen LogP contribution in [0.1, 0.15) is 19.3 Å². The fourth-order valence-corrected chi connectivity index (χ4v) is 1.36. The molecular formula is C5H14N2O2Se. The van der Waals surface area contributed by atoms with Gasteiger partial charge in [0.05, 0.1) is 0 Å². The first kappa shape index (κ1) is 10.2. The van der Waals surface area contributed by atoms with Crippen LogP contribution in [0.25, 0.3) is 0 Å². The van der Waals surface area contributed by atoms with Gasteiger partial charge in [-0.15, -0.1) is 0 Å². The van der Waals surface area contributed by atoms with Crippen molar-refractivity contribution in [3.63, 3.8) is 0 Å². The summed E-state index contributed by atoms with van der Waals surface area (Å²) in [7, 11) is 0. The first-order chi connectivity index (χ1) is 4.68. The van der Waals surface area contributed by atoms with Crippen LogP contribution in [0, 0.1) is 0 Å². The van der Waals surface area contributed by atoms with Gasteiger partial charge in [0.1, 0.15) is 0 Å². The third kappa shape index (κ3) is 5.02. The number of hydrogen-bond acceptors (Lipinski definition) is 3. The fourth-order valence-electron chi connectivity index (χ4n) is 0.591. The zero-order valence-electron chi connectivity index (χ0n) is 5.82. The van der Waals surface area contributed by atoms with Gasteiger partial charge in [0.2, 0.25) is 0 Å². The molecule has 5 N–H and O–H groups in total. The maximum absolute atomic E-state index is 10.3. The molecule has 0 aliphatic rings. The molecule has 0 aromatic rings. The second-order valence-corrected chi connectivity index (χ2v) is 4.53. The van der Waals surface area contributed by atoms with E-state index in [1.54, 1.807) is 0 Å². The molecule has 0 aliphatic carbocycles. The van der Waals surface area contributed by atoms with Crippen molar-refractivity contribution < 1.29 is 8.02 Å². The number of rotatable bonds is 5. The first-order valence-corrected chi connectivity index (χ1v) is 5.69. The fraction of sp³-hybridized carbons (Fsp3) is 1.00. The van der Waals surface area contributed by atoms with Crippen LogP contribution in [0.4, 0.5) is 0 Å². The van der Waals surface area contributed by atoms with Crippen LogP contribution >= 0.6 is 0 Å². The molecule has 0 aromatic carbocycles. The molecule has 4 nitrogen and oxygen atoms in total. The van der Waals surface area contributed by atoms with Crippen LogP contribution in [-0.2, 0) is 3.83 Å². The molecule has 10 heavy (non-hydrogen) atoms. The van der Waals surface area contributed by atoms with Gasteiger partial charge in [-0.05, 0) is 0 Å². The van der Waals surface area contributed by atoms with Crippen molar-refractivity contribution in [2.75, 3.05) is 6.54 Å². The summed E-state index contributed by atoms with van der Waals surface area (Å²) in [6.07, 6.45) is 2.34. The zero-order chi connectivity index (χ0) is 7.98. The molecule has 5 heteroatoms. The summed E-state index contributed by atoms with van der Waals surface area (Å²) in [6.45, 7) is 0.627. The topological polar surface area (TPSA) is 89.3 Å². The Morgan fingerprint density at radius 1 is 1.50 bits per heavy atom. The average molecular weight is 213 g/mol. The minimum absolute atomic E-state index is 0.508.